The van der Waals surface area contributed by atoms with Crippen molar-refractivity contribution in [3.63, 3.8) is 0 Å². The molecule has 1 aromatic carbocycles. The van der Waals surface area contributed by atoms with Crippen molar-refractivity contribution in [2.24, 2.45) is 0 Å². The lowest BCUT2D eigenvalue weighted by molar-refractivity contribution is 0.0983. The lowest BCUT2D eigenvalue weighted by atomic mass is 10.1. The molecule has 1 aromatic heterocycles. The van der Waals surface area contributed by atoms with Crippen LogP contribution in [0, 0.1) is 0 Å². The van der Waals surface area contributed by atoms with Crippen molar-refractivity contribution >= 4 is 22.7 Å². The zero-order valence-corrected chi connectivity index (χ0v) is 12.1. The Hall–Kier alpha value is -2.37. The van der Waals surface area contributed by atoms with Gasteiger partial charge in [-0.3, -0.25) is 4.90 Å². The van der Waals surface area contributed by atoms with Crippen molar-refractivity contribution in [1.82, 2.24) is 15.1 Å². The van der Waals surface area contributed by atoms with Gasteiger partial charge >= 0.3 is 6.09 Å². The van der Waals surface area contributed by atoms with E-state index in [0.717, 1.165) is 16.6 Å². The lowest BCUT2D eigenvalue weighted by Gasteiger charge is -2.44. The minimum Gasteiger partial charge on any atom is -0.465 e. The minimum absolute atomic E-state index is 0.0451. The van der Waals surface area contributed by atoms with Crippen LogP contribution in [0.4, 0.5) is 10.5 Å². The number of anilines is 1. The first kappa shape index (κ1) is 13.6. The number of hydrogen-bond donors (Lipinski definition) is 1. The number of fused-ring (bicyclic) bond motifs is 1. The Kier molecular flexibility index (Phi) is 3.37. The average molecular weight is 286 g/mol. The summed E-state index contributed by atoms with van der Waals surface area (Å²) < 4.78 is 0. The van der Waals surface area contributed by atoms with Crippen LogP contribution in [0.15, 0.2) is 30.5 Å². The fourth-order valence-electron chi connectivity index (χ4n) is 3.17. The first-order chi connectivity index (χ1) is 10.1. The number of carboxylic acid groups (broad SMARTS) is 1. The third kappa shape index (κ3) is 2.37. The fourth-order valence-corrected chi connectivity index (χ4v) is 3.17. The van der Waals surface area contributed by atoms with E-state index in [0.29, 0.717) is 13.1 Å². The van der Waals surface area contributed by atoms with E-state index in [4.69, 9.17) is 0 Å². The second-order valence-electron chi connectivity index (χ2n) is 5.53. The summed E-state index contributed by atoms with van der Waals surface area (Å²) in [6.45, 7) is 5.25. The van der Waals surface area contributed by atoms with Gasteiger partial charge in [0, 0.05) is 24.2 Å². The number of piperazine rings is 1. The van der Waals surface area contributed by atoms with Gasteiger partial charge in [0.15, 0.2) is 0 Å². The van der Waals surface area contributed by atoms with Crippen molar-refractivity contribution in [3.8, 4) is 0 Å². The van der Waals surface area contributed by atoms with Crippen LogP contribution in [0.1, 0.15) is 13.8 Å². The second kappa shape index (κ2) is 5.20. The molecule has 110 valence electrons. The van der Waals surface area contributed by atoms with Crippen LogP contribution in [-0.2, 0) is 0 Å². The molecule has 2 aromatic rings. The summed E-state index contributed by atoms with van der Waals surface area (Å²) in [5.41, 5.74) is 1.95. The summed E-state index contributed by atoms with van der Waals surface area (Å²) in [6, 6.07) is 7.82. The second-order valence-corrected chi connectivity index (χ2v) is 5.53. The van der Waals surface area contributed by atoms with E-state index < -0.39 is 6.09 Å². The SMILES string of the molecule is CC1CN(c2cccc3nnccc23)C[C@H](C)N1C(=O)O. The Balaban J connectivity index is 1.96. The van der Waals surface area contributed by atoms with E-state index in [1.807, 2.05) is 32.0 Å². The molecule has 1 saturated heterocycles. The highest BCUT2D eigenvalue weighted by Crippen LogP contribution is 2.28. The molecule has 0 bridgehead atoms. The first-order valence-electron chi connectivity index (χ1n) is 7.04. The van der Waals surface area contributed by atoms with Gasteiger partial charge < -0.3 is 10.0 Å². The van der Waals surface area contributed by atoms with Gasteiger partial charge in [0.25, 0.3) is 0 Å². The molecule has 1 unspecified atom stereocenters. The molecule has 1 aliphatic heterocycles. The minimum atomic E-state index is -0.849. The Morgan fingerprint density at radius 2 is 1.95 bits per heavy atom. The molecule has 2 atom stereocenters. The Morgan fingerprint density at radius 3 is 2.62 bits per heavy atom. The number of nitrogens with zero attached hydrogens (tertiary/aromatic N) is 4. The van der Waals surface area contributed by atoms with Crippen LogP contribution in [0.5, 0.6) is 0 Å². The summed E-state index contributed by atoms with van der Waals surface area (Å²) in [6.07, 6.45) is 0.838. The molecule has 0 saturated carbocycles. The maximum Gasteiger partial charge on any atom is 0.407 e. The van der Waals surface area contributed by atoms with Crippen LogP contribution in [-0.4, -0.2) is 51.5 Å². The van der Waals surface area contributed by atoms with Crippen molar-refractivity contribution in [1.29, 1.82) is 0 Å². The van der Waals surface area contributed by atoms with Crippen molar-refractivity contribution < 1.29 is 9.90 Å². The molecule has 1 N–H and O–H groups in total. The van der Waals surface area contributed by atoms with E-state index in [2.05, 4.69) is 21.2 Å². The molecular formula is C15H18N4O2. The standard InChI is InChI=1S/C15H18N4O2/c1-10-8-18(9-11(2)19(10)15(20)21)14-5-3-4-13-12(14)6-7-16-17-13/h3-7,10-11H,8-9H2,1-2H3,(H,20,21)/t10-,11?/m0/s1. The summed E-state index contributed by atoms with van der Waals surface area (Å²) in [5.74, 6) is 0. The number of rotatable bonds is 1. The fraction of sp³-hybridized carbons (Fsp3) is 0.400. The van der Waals surface area contributed by atoms with Gasteiger partial charge in [-0.1, -0.05) is 6.07 Å². The van der Waals surface area contributed by atoms with Gasteiger partial charge in [0.05, 0.1) is 23.8 Å². The molecular weight excluding hydrogens is 268 g/mol. The van der Waals surface area contributed by atoms with Gasteiger partial charge in [-0.05, 0) is 32.0 Å². The number of hydrogen-bond acceptors (Lipinski definition) is 4. The number of benzene rings is 1. The summed E-state index contributed by atoms with van der Waals surface area (Å²) in [7, 11) is 0. The highest BCUT2D eigenvalue weighted by atomic mass is 16.4. The zero-order valence-electron chi connectivity index (χ0n) is 12.1. The molecule has 2 heterocycles. The number of aromatic nitrogens is 2. The average Bonchev–Trinajstić information content (AvgIpc) is 2.45. The van der Waals surface area contributed by atoms with Gasteiger partial charge in [0.1, 0.15) is 0 Å². The Labute approximate surface area is 123 Å². The van der Waals surface area contributed by atoms with Crippen LogP contribution in [0.3, 0.4) is 0 Å². The summed E-state index contributed by atoms with van der Waals surface area (Å²) >= 11 is 0. The molecule has 6 nitrogen and oxygen atoms in total. The predicted octanol–water partition coefficient (Wildman–Crippen LogP) is 2.21. The third-order valence-electron chi connectivity index (χ3n) is 4.01. The van der Waals surface area contributed by atoms with E-state index in [1.54, 1.807) is 6.20 Å². The monoisotopic (exact) mass is 286 g/mol. The summed E-state index contributed by atoms with van der Waals surface area (Å²) in [4.78, 5) is 15.1. The Morgan fingerprint density at radius 1 is 1.24 bits per heavy atom. The van der Waals surface area contributed by atoms with Gasteiger partial charge in [-0.2, -0.15) is 10.2 Å². The first-order valence-corrected chi connectivity index (χ1v) is 7.04. The molecule has 3 rings (SSSR count). The van der Waals surface area contributed by atoms with E-state index in [-0.39, 0.29) is 12.1 Å². The van der Waals surface area contributed by atoms with Crippen LogP contribution >= 0.6 is 0 Å². The smallest absolute Gasteiger partial charge is 0.407 e. The molecule has 1 amide bonds. The van der Waals surface area contributed by atoms with E-state index in [9.17, 15) is 9.90 Å². The highest BCUT2D eigenvalue weighted by molar-refractivity contribution is 5.91. The van der Waals surface area contributed by atoms with E-state index in [1.165, 1.54) is 4.90 Å². The zero-order chi connectivity index (χ0) is 15.0. The third-order valence-corrected chi connectivity index (χ3v) is 4.01. The Bertz CT molecular complexity index is 658. The predicted molar refractivity (Wildman–Crippen MR) is 80.5 cm³/mol. The molecule has 6 heteroatoms. The van der Waals surface area contributed by atoms with Crippen molar-refractivity contribution in [3.05, 3.63) is 30.5 Å². The molecule has 0 spiro atoms. The largest absolute Gasteiger partial charge is 0.465 e. The van der Waals surface area contributed by atoms with Gasteiger partial charge in [0.2, 0.25) is 0 Å². The van der Waals surface area contributed by atoms with Gasteiger partial charge in [-0.15, -0.1) is 0 Å². The molecule has 1 fully saturated rings. The quantitative estimate of drug-likeness (QED) is 0.870. The highest BCUT2D eigenvalue weighted by Gasteiger charge is 2.33. The van der Waals surface area contributed by atoms with Crippen LogP contribution in [0.2, 0.25) is 0 Å². The normalized spacial score (nSPS) is 22.6. The topological polar surface area (TPSA) is 69.6 Å². The molecule has 0 aliphatic carbocycles. The molecule has 21 heavy (non-hydrogen) atoms. The van der Waals surface area contributed by atoms with Crippen molar-refractivity contribution in [2.45, 2.75) is 25.9 Å². The number of carbonyl (C=O) groups is 1. The van der Waals surface area contributed by atoms with Crippen LogP contribution < -0.4 is 4.90 Å². The molecule has 0 radical (unpaired) electrons. The number of amides is 1. The van der Waals surface area contributed by atoms with Crippen LogP contribution in [0.25, 0.3) is 10.9 Å². The molecule has 1 aliphatic rings. The van der Waals surface area contributed by atoms with Gasteiger partial charge in [-0.25, -0.2) is 4.79 Å². The maximum absolute atomic E-state index is 11.3. The summed E-state index contributed by atoms with van der Waals surface area (Å²) in [5, 5.41) is 18.4. The maximum atomic E-state index is 11.3. The van der Waals surface area contributed by atoms with E-state index >= 15 is 0 Å². The van der Waals surface area contributed by atoms with Crippen molar-refractivity contribution in [2.75, 3.05) is 18.0 Å². The lowest BCUT2D eigenvalue weighted by Crippen LogP contribution is -2.58.